The topological polar surface area (TPSA) is 99.1 Å². The van der Waals surface area contributed by atoms with Gasteiger partial charge in [0.25, 0.3) is 11.8 Å². The second kappa shape index (κ2) is 10.1. The first-order chi connectivity index (χ1) is 18.2. The van der Waals surface area contributed by atoms with E-state index < -0.39 is 20.0 Å². The lowest BCUT2D eigenvalue weighted by atomic mass is 9.82. The molecule has 198 valence electrons. The van der Waals surface area contributed by atoms with Gasteiger partial charge in [-0.25, -0.2) is 0 Å². The smallest absolute Gasteiger partial charge is 0.264 e. The van der Waals surface area contributed by atoms with E-state index in [9.17, 15) is 19.5 Å². The molecule has 0 saturated carbocycles. The van der Waals surface area contributed by atoms with Gasteiger partial charge in [0.2, 0.25) is 0 Å². The minimum atomic E-state index is -2.71. The average Bonchev–Trinajstić information content (AvgIpc) is 3.33. The molecule has 4 atom stereocenters. The quantitative estimate of drug-likeness (QED) is 0.386. The van der Waals surface area contributed by atoms with E-state index >= 15 is 0 Å². The molecular weight excluding hydrogens is 496 g/mol. The van der Waals surface area contributed by atoms with Gasteiger partial charge >= 0.3 is 0 Å². The number of amides is 2. The molecule has 1 saturated heterocycles. The highest BCUT2D eigenvalue weighted by Gasteiger charge is 2.65. The van der Waals surface area contributed by atoms with Crippen LogP contribution in [-0.2, 0) is 21.7 Å². The number of para-hydroxylation sites is 1. The Morgan fingerprint density at radius 3 is 2.34 bits per heavy atom. The third-order valence-corrected chi connectivity index (χ3v) is 10.4. The Kier molecular flexibility index (Phi) is 7.00. The van der Waals surface area contributed by atoms with Crippen LogP contribution in [0.2, 0.25) is 18.6 Å². The Hall–Kier alpha value is -3.30. The molecule has 1 spiro atoms. The summed E-state index contributed by atoms with van der Waals surface area (Å²) in [5.74, 6) is -0.574. The lowest BCUT2D eigenvalue weighted by molar-refractivity contribution is -0.146. The number of carbonyl (C=O) groups is 2. The summed E-state index contributed by atoms with van der Waals surface area (Å²) in [6, 6.07) is 24.2. The van der Waals surface area contributed by atoms with Gasteiger partial charge in [-0.15, -0.1) is 0 Å². The van der Waals surface area contributed by atoms with Gasteiger partial charge in [0.1, 0.15) is 0 Å². The standard InChI is InChI=1S/C30H34N2O5Si/c1-20-27(38(2,3)36)26(17-18-33)37-30(20)24-11-7-8-12-25(24)32(29(30)35)19-21-13-15-23(16-14-21)31-28(34)22-9-5-4-6-10-22/h4-16,20,26-27,33,36H,17-19H2,1-3H3,(H,31,34)/t20-,26+,27-,30+/m1/s1. The zero-order chi connectivity index (χ0) is 27.1. The van der Waals surface area contributed by atoms with Crippen LogP contribution in [0.5, 0.6) is 0 Å². The molecule has 2 amide bonds. The van der Waals surface area contributed by atoms with Gasteiger partial charge in [-0.1, -0.05) is 55.5 Å². The predicted octanol–water partition coefficient (Wildman–Crippen LogP) is 4.67. The predicted molar refractivity (Wildman–Crippen MR) is 149 cm³/mol. The van der Waals surface area contributed by atoms with Gasteiger partial charge in [0.15, 0.2) is 13.9 Å². The molecule has 2 aliphatic rings. The first-order valence-corrected chi connectivity index (χ1v) is 16.1. The number of nitrogens with zero attached hydrogens (tertiary/aromatic N) is 1. The number of fused-ring (bicyclic) bond motifs is 2. The second-order valence-corrected chi connectivity index (χ2v) is 14.8. The summed E-state index contributed by atoms with van der Waals surface area (Å²) in [6.45, 7) is 6.02. The highest BCUT2D eigenvalue weighted by atomic mass is 28.4. The van der Waals surface area contributed by atoms with Crippen LogP contribution in [0.3, 0.4) is 0 Å². The lowest BCUT2D eigenvalue weighted by Gasteiger charge is -2.32. The molecule has 0 aromatic heterocycles. The van der Waals surface area contributed by atoms with E-state index in [4.69, 9.17) is 4.74 Å². The van der Waals surface area contributed by atoms with Crippen molar-refractivity contribution < 1.29 is 24.2 Å². The number of aliphatic hydroxyl groups is 1. The van der Waals surface area contributed by atoms with Crippen LogP contribution in [0.15, 0.2) is 78.9 Å². The molecule has 2 heterocycles. The number of ether oxygens (including phenoxy) is 1. The minimum absolute atomic E-state index is 0.0683. The Morgan fingerprint density at radius 2 is 1.68 bits per heavy atom. The van der Waals surface area contributed by atoms with Gasteiger partial charge in [-0.3, -0.25) is 9.59 Å². The van der Waals surface area contributed by atoms with Crippen LogP contribution in [0.1, 0.15) is 34.8 Å². The molecule has 8 heteroatoms. The number of hydrogen-bond donors (Lipinski definition) is 3. The fourth-order valence-corrected chi connectivity index (χ4v) is 8.86. The normalized spacial score (nSPS) is 24.6. The van der Waals surface area contributed by atoms with Gasteiger partial charge < -0.3 is 24.9 Å². The highest BCUT2D eigenvalue weighted by molar-refractivity contribution is 6.71. The van der Waals surface area contributed by atoms with Crippen LogP contribution in [-0.4, -0.2) is 42.7 Å². The SMILES string of the molecule is C[C@@H]1[C@@H]([Si](C)(C)O)[C@H](CCO)O[C@@]12C(=O)N(Cc1ccc(NC(=O)c3ccccc3)cc1)c1ccccc12. The summed E-state index contributed by atoms with van der Waals surface area (Å²) in [7, 11) is -2.71. The summed E-state index contributed by atoms with van der Waals surface area (Å²) in [5.41, 5.74) is 2.38. The third-order valence-electron chi connectivity index (χ3n) is 7.89. The van der Waals surface area contributed by atoms with Crippen molar-refractivity contribution in [2.75, 3.05) is 16.8 Å². The first-order valence-electron chi connectivity index (χ1n) is 13.0. The van der Waals surface area contributed by atoms with Gasteiger partial charge in [0, 0.05) is 34.9 Å². The third kappa shape index (κ3) is 4.47. The summed E-state index contributed by atoms with van der Waals surface area (Å²) >= 11 is 0. The Morgan fingerprint density at radius 1 is 1.03 bits per heavy atom. The van der Waals surface area contributed by atoms with Crippen molar-refractivity contribution >= 4 is 31.5 Å². The number of anilines is 2. The van der Waals surface area contributed by atoms with Gasteiger partial charge in [0.05, 0.1) is 18.3 Å². The van der Waals surface area contributed by atoms with E-state index in [0.29, 0.717) is 24.2 Å². The first kappa shape index (κ1) is 26.3. The molecule has 3 aromatic rings. The summed E-state index contributed by atoms with van der Waals surface area (Å²) in [4.78, 5) is 39.6. The second-order valence-electron chi connectivity index (χ2n) is 10.8. The lowest BCUT2D eigenvalue weighted by Crippen LogP contribution is -2.46. The van der Waals surface area contributed by atoms with E-state index in [1.807, 2.05) is 86.7 Å². The van der Waals surface area contributed by atoms with Crippen molar-refractivity contribution in [3.8, 4) is 0 Å². The summed E-state index contributed by atoms with van der Waals surface area (Å²) in [6.07, 6.45) is -0.0227. The summed E-state index contributed by atoms with van der Waals surface area (Å²) in [5, 5.41) is 12.6. The number of nitrogens with one attached hydrogen (secondary N) is 1. The van der Waals surface area contributed by atoms with Gasteiger partial charge in [-0.2, -0.15) is 0 Å². The van der Waals surface area contributed by atoms with Crippen molar-refractivity contribution in [1.82, 2.24) is 0 Å². The summed E-state index contributed by atoms with van der Waals surface area (Å²) < 4.78 is 6.59. The zero-order valence-electron chi connectivity index (χ0n) is 21.9. The van der Waals surface area contributed by atoms with Crippen LogP contribution >= 0.6 is 0 Å². The van der Waals surface area contributed by atoms with E-state index in [-0.39, 0.29) is 29.9 Å². The van der Waals surface area contributed by atoms with E-state index in [0.717, 1.165) is 16.8 Å². The maximum atomic E-state index is 14.2. The molecule has 0 aliphatic carbocycles. The van der Waals surface area contributed by atoms with Crippen molar-refractivity contribution in [3.63, 3.8) is 0 Å². The molecule has 38 heavy (non-hydrogen) atoms. The molecule has 0 unspecified atom stereocenters. The van der Waals surface area contributed by atoms with Crippen molar-refractivity contribution in [2.24, 2.45) is 5.92 Å². The zero-order valence-corrected chi connectivity index (χ0v) is 22.9. The van der Waals surface area contributed by atoms with E-state index in [1.54, 1.807) is 17.0 Å². The number of rotatable bonds is 7. The van der Waals surface area contributed by atoms with E-state index in [2.05, 4.69) is 5.32 Å². The molecule has 3 N–H and O–H groups in total. The monoisotopic (exact) mass is 530 g/mol. The average molecular weight is 531 g/mol. The molecule has 3 aromatic carbocycles. The molecule has 7 nitrogen and oxygen atoms in total. The molecule has 0 radical (unpaired) electrons. The molecular formula is C30H34N2O5Si. The van der Waals surface area contributed by atoms with E-state index in [1.165, 1.54) is 0 Å². The number of hydrogen-bond acceptors (Lipinski definition) is 5. The maximum Gasteiger partial charge on any atom is 0.264 e. The Labute approximate surface area is 224 Å². The molecule has 5 rings (SSSR count). The van der Waals surface area contributed by atoms with Crippen LogP contribution in [0.25, 0.3) is 0 Å². The largest absolute Gasteiger partial charge is 0.432 e. The van der Waals surface area contributed by atoms with Gasteiger partial charge in [-0.05, 0) is 55.4 Å². The molecule has 0 bridgehead atoms. The fourth-order valence-electron chi connectivity index (χ4n) is 6.25. The van der Waals surface area contributed by atoms with Crippen molar-refractivity contribution in [2.45, 2.75) is 50.2 Å². The number of aliphatic hydroxyl groups excluding tert-OH is 1. The van der Waals surface area contributed by atoms with Crippen LogP contribution in [0, 0.1) is 5.92 Å². The molecule has 2 aliphatic heterocycles. The van der Waals surface area contributed by atoms with Crippen molar-refractivity contribution in [3.05, 3.63) is 95.6 Å². The number of carbonyl (C=O) groups excluding carboxylic acids is 2. The minimum Gasteiger partial charge on any atom is -0.432 e. The van der Waals surface area contributed by atoms with Crippen LogP contribution in [0.4, 0.5) is 11.4 Å². The maximum absolute atomic E-state index is 14.2. The number of benzene rings is 3. The Balaban J connectivity index is 1.41. The highest BCUT2D eigenvalue weighted by Crippen LogP contribution is 2.59. The Bertz CT molecular complexity index is 1320. The van der Waals surface area contributed by atoms with Crippen molar-refractivity contribution in [1.29, 1.82) is 0 Å². The van der Waals surface area contributed by atoms with Crippen LogP contribution < -0.4 is 10.2 Å². The fraction of sp³-hybridized carbons (Fsp3) is 0.333. The molecule has 1 fully saturated rings.